The third kappa shape index (κ3) is 7.08. The van der Waals surface area contributed by atoms with Crippen LogP contribution in [0.4, 0.5) is 0 Å². The molecule has 1 aromatic rings. The van der Waals surface area contributed by atoms with Crippen molar-refractivity contribution in [3.8, 4) is 0 Å². The first-order valence-corrected chi connectivity index (χ1v) is 10.7. The van der Waals surface area contributed by atoms with E-state index in [4.69, 9.17) is 9.47 Å². The summed E-state index contributed by atoms with van der Waals surface area (Å²) in [6.07, 6.45) is 4.64. The molecule has 2 heterocycles. The lowest BCUT2D eigenvalue weighted by Gasteiger charge is -2.25. The Balaban J connectivity index is 1.28. The summed E-state index contributed by atoms with van der Waals surface area (Å²) in [6.45, 7) is 7.38. The molecule has 0 saturated carbocycles. The molecule has 156 valence electrons. The molecule has 2 fully saturated rings. The lowest BCUT2D eigenvalue weighted by Crippen LogP contribution is -2.45. The quantitative estimate of drug-likeness (QED) is 0.366. The monoisotopic (exact) mass is 388 g/mol. The minimum absolute atomic E-state index is 0.565. The second-order valence-corrected chi connectivity index (χ2v) is 7.79. The Kier molecular flexibility index (Phi) is 9.07. The van der Waals surface area contributed by atoms with Crippen LogP contribution in [0.3, 0.4) is 0 Å². The van der Waals surface area contributed by atoms with E-state index in [1.165, 1.54) is 24.9 Å². The van der Waals surface area contributed by atoms with Gasteiger partial charge in [0.05, 0.1) is 13.2 Å². The molecule has 0 amide bonds. The van der Waals surface area contributed by atoms with Crippen LogP contribution in [0.25, 0.3) is 0 Å². The van der Waals surface area contributed by atoms with Gasteiger partial charge in [0.2, 0.25) is 0 Å². The van der Waals surface area contributed by atoms with Gasteiger partial charge in [-0.25, -0.2) is 0 Å². The normalized spacial score (nSPS) is 23.2. The maximum Gasteiger partial charge on any atom is 0.191 e. The molecule has 2 saturated heterocycles. The van der Waals surface area contributed by atoms with Crippen LogP contribution in [0.5, 0.6) is 0 Å². The molecule has 6 nitrogen and oxygen atoms in total. The smallest absolute Gasteiger partial charge is 0.191 e. The molecule has 2 aliphatic rings. The van der Waals surface area contributed by atoms with Crippen LogP contribution < -0.4 is 10.6 Å². The van der Waals surface area contributed by atoms with Crippen LogP contribution in [0, 0.1) is 5.92 Å². The number of rotatable bonds is 10. The Labute approximate surface area is 169 Å². The molecule has 0 bridgehead atoms. The van der Waals surface area contributed by atoms with Crippen LogP contribution in [-0.4, -0.2) is 70.0 Å². The molecule has 0 aromatic heterocycles. The van der Waals surface area contributed by atoms with Gasteiger partial charge in [-0.3, -0.25) is 9.89 Å². The molecule has 1 aromatic carbocycles. The Hall–Kier alpha value is -1.63. The van der Waals surface area contributed by atoms with Crippen molar-refractivity contribution in [2.75, 3.05) is 53.1 Å². The fourth-order valence-corrected chi connectivity index (χ4v) is 3.93. The highest BCUT2D eigenvalue weighted by Gasteiger charge is 2.24. The van der Waals surface area contributed by atoms with Gasteiger partial charge in [-0.2, -0.15) is 0 Å². The highest BCUT2D eigenvalue weighted by atomic mass is 16.5. The Morgan fingerprint density at radius 3 is 2.93 bits per heavy atom. The van der Waals surface area contributed by atoms with E-state index in [0.29, 0.717) is 12.0 Å². The number of guanidine groups is 1. The lowest BCUT2D eigenvalue weighted by molar-refractivity contribution is 0.0888. The van der Waals surface area contributed by atoms with Crippen molar-refractivity contribution in [3.63, 3.8) is 0 Å². The zero-order valence-electron chi connectivity index (χ0n) is 17.2. The van der Waals surface area contributed by atoms with Gasteiger partial charge in [0.15, 0.2) is 5.96 Å². The number of nitrogens with one attached hydrogen (secondary N) is 2. The van der Waals surface area contributed by atoms with Crippen LogP contribution in [0.2, 0.25) is 0 Å². The van der Waals surface area contributed by atoms with Gasteiger partial charge in [-0.05, 0) is 37.8 Å². The molecule has 3 rings (SSSR count). The van der Waals surface area contributed by atoms with E-state index in [1.54, 1.807) is 0 Å². The molecule has 2 atom stereocenters. The van der Waals surface area contributed by atoms with Gasteiger partial charge >= 0.3 is 0 Å². The number of nitrogens with zero attached hydrogens (tertiary/aromatic N) is 2. The summed E-state index contributed by atoms with van der Waals surface area (Å²) in [7, 11) is 1.84. The Morgan fingerprint density at radius 1 is 1.25 bits per heavy atom. The number of aliphatic imine (C=N–C) groups is 1. The lowest BCUT2D eigenvalue weighted by atomic mass is 10.1. The second-order valence-electron chi connectivity index (χ2n) is 7.79. The van der Waals surface area contributed by atoms with Gasteiger partial charge in [-0.1, -0.05) is 30.3 Å². The van der Waals surface area contributed by atoms with Gasteiger partial charge in [-0.15, -0.1) is 0 Å². The van der Waals surface area contributed by atoms with Gasteiger partial charge in [0.1, 0.15) is 0 Å². The van der Waals surface area contributed by atoms with Crippen molar-refractivity contribution in [1.82, 2.24) is 15.5 Å². The standard InChI is InChI=1S/C22H36N4O2/c1-23-22(24-11-6-13-27-17-20-10-14-28-18-20)25-15-21-9-5-12-26(21)16-19-7-3-2-4-8-19/h2-4,7-8,20-21H,5-6,9-18H2,1H3,(H2,23,24,25). The minimum atomic E-state index is 0.565. The first kappa shape index (κ1) is 21.1. The van der Waals surface area contributed by atoms with E-state index < -0.39 is 0 Å². The van der Waals surface area contributed by atoms with E-state index in [-0.39, 0.29) is 0 Å². The fraction of sp³-hybridized carbons (Fsp3) is 0.682. The van der Waals surface area contributed by atoms with E-state index in [0.717, 1.165) is 64.9 Å². The van der Waals surface area contributed by atoms with Crippen molar-refractivity contribution in [1.29, 1.82) is 0 Å². The molecule has 6 heteroatoms. The summed E-state index contributed by atoms with van der Waals surface area (Å²) in [5, 5.41) is 6.90. The highest BCUT2D eigenvalue weighted by Crippen LogP contribution is 2.19. The average molecular weight is 389 g/mol. The largest absolute Gasteiger partial charge is 0.381 e. The van der Waals surface area contributed by atoms with Crippen molar-refractivity contribution >= 4 is 5.96 Å². The van der Waals surface area contributed by atoms with Crippen molar-refractivity contribution in [2.24, 2.45) is 10.9 Å². The molecule has 28 heavy (non-hydrogen) atoms. The van der Waals surface area contributed by atoms with Gasteiger partial charge in [0.25, 0.3) is 0 Å². The molecule has 2 unspecified atom stereocenters. The molecular formula is C22H36N4O2. The first-order chi connectivity index (χ1) is 13.8. The maximum absolute atomic E-state index is 5.76. The van der Waals surface area contributed by atoms with Crippen LogP contribution in [0.15, 0.2) is 35.3 Å². The average Bonchev–Trinajstić information content (AvgIpc) is 3.40. The summed E-state index contributed by atoms with van der Waals surface area (Å²) >= 11 is 0. The van der Waals surface area contributed by atoms with E-state index in [1.807, 2.05) is 7.05 Å². The summed E-state index contributed by atoms with van der Waals surface area (Å²) in [6, 6.07) is 11.3. The first-order valence-electron chi connectivity index (χ1n) is 10.7. The summed E-state index contributed by atoms with van der Waals surface area (Å²) in [5.41, 5.74) is 1.39. The summed E-state index contributed by atoms with van der Waals surface area (Å²) in [4.78, 5) is 6.94. The number of hydrogen-bond donors (Lipinski definition) is 2. The minimum Gasteiger partial charge on any atom is -0.381 e. The number of likely N-dealkylation sites (tertiary alicyclic amines) is 1. The molecule has 2 aliphatic heterocycles. The van der Waals surface area contributed by atoms with E-state index in [9.17, 15) is 0 Å². The fourth-order valence-electron chi connectivity index (χ4n) is 3.93. The Morgan fingerprint density at radius 2 is 2.14 bits per heavy atom. The summed E-state index contributed by atoms with van der Waals surface area (Å²) in [5.74, 6) is 1.48. The second kappa shape index (κ2) is 12.0. The summed E-state index contributed by atoms with van der Waals surface area (Å²) < 4.78 is 11.1. The SMILES string of the molecule is CN=C(NCCCOCC1CCOC1)NCC1CCCN1Cc1ccccc1. The third-order valence-electron chi connectivity index (χ3n) is 5.59. The molecule has 2 N–H and O–H groups in total. The van der Waals surface area contributed by atoms with Crippen LogP contribution >= 0.6 is 0 Å². The zero-order valence-corrected chi connectivity index (χ0v) is 17.2. The number of ether oxygens (including phenoxy) is 2. The molecule has 0 radical (unpaired) electrons. The van der Waals surface area contributed by atoms with Crippen LogP contribution in [0.1, 0.15) is 31.2 Å². The molecular weight excluding hydrogens is 352 g/mol. The molecule has 0 spiro atoms. The van der Waals surface area contributed by atoms with Crippen molar-refractivity contribution in [2.45, 2.75) is 38.3 Å². The number of benzene rings is 1. The molecule has 0 aliphatic carbocycles. The third-order valence-corrected chi connectivity index (χ3v) is 5.59. The van der Waals surface area contributed by atoms with Crippen molar-refractivity contribution < 1.29 is 9.47 Å². The van der Waals surface area contributed by atoms with E-state index in [2.05, 4.69) is 50.9 Å². The number of hydrogen-bond acceptors (Lipinski definition) is 4. The van der Waals surface area contributed by atoms with Crippen LogP contribution in [-0.2, 0) is 16.0 Å². The predicted molar refractivity (Wildman–Crippen MR) is 114 cm³/mol. The highest BCUT2D eigenvalue weighted by molar-refractivity contribution is 5.79. The topological polar surface area (TPSA) is 58.1 Å². The van der Waals surface area contributed by atoms with Gasteiger partial charge < -0.3 is 20.1 Å². The van der Waals surface area contributed by atoms with E-state index >= 15 is 0 Å². The Bertz CT molecular complexity index is 575. The maximum atomic E-state index is 5.76. The van der Waals surface area contributed by atoms with Gasteiger partial charge in [0, 0.05) is 51.9 Å². The zero-order chi connectivity index (χ0) is 19.4. The van der Waals surface area contributed by atoms with Crippen molar-refractivity contribution in [3.05, 3.63) is 35.9 Å². The predicted octanol–water partition coefficient (Wildman–Crippen LogP) is 2.26.